The quantitative estimate of drug-likeness (QED) is 0.563. The van der Waals surface area contributed by atoms with Gasteiger partial charge in [0, 0.05) is 23.6 Å². The summed E-state index contributed by atoms with van der Waals surface area (Å²) >= 11 is 1.23. The number of rotatable bonds is 5. The summed E-state index contributed by atoms with van der Waals surface area (Å²) in [4.78, 5) is 33.0. The van der Waals surface area contributed by atoms with Crippen LogP contribution in [0.1, 0.15) is 6.92 Å². The van der Waals surface area contributed by atoms with Gasteiger partial charge in [-0.15, -0.1) is 0 Å². The molecule has 3 rings (SSSR count). The number of amides is 1. The monoisotopic (exact) mass is 351 g/mol. The minimum atomic E-state index is -0.425. The summed E-state index contributed by atoms with van der Waals surface area (Å²) in [6.07, 6.45) is 1.44. The van der Waals surface area contributed by atoms with Gasteiger partial charge in [-0.05, 0) is 31.2 Å². The van der Waals surface area contributed by atoms with Gasteiger partial charge in [-0.3, -0.25) is 14.5 Å². The van der Waals surface area contributed by atoms with E-state index in [0.29, 0.717) is 5.16 Å². The molecule has 0 bridgehead atoms. The zero-order valence-electron chi connectivity index (χ0n) is 13.6. The van der Waals surface area contributed by atoms with Crippen molar-refractivity contribution in [3.8, 4) is 0 Å². The lowest BCUT2D eigenvalue weighted by atomic mass is 10.2. The van der Waals surface area contributed by atoms with E-state index in [-0.39, 0.29) is 11.5 Å². The van der Waals surface area contributed by atoms with Crippen molar-refractivity contribution in [2.45, 2.75) is 17.3 Å². The Hall–Kier alpha value is -2.86. The number of H-pyrrole nitrogens is 1. The van der Waals surface area contributed by atoms with Crippen LogP contribution in [0, 0.1) is 0 Å². The SMILES string of the molecule is CC(Sc1nccc(=O)[nH]1)C(=O)N(c1ccccc1)c1ccccc1. The first kappa shape index (κ1) is 17.0. The third-order valence-electron chi connectivity index (χ3n) is 3.53. The van der Waals surface area contributed by atoms with Crippen molar-refractivity contribution < 1.29 is 4.79 Å². The first-order valence-corrected chi connectivity index (χ1v) is 8.69. The van der Waals surface area contributed by atoms with Gasteiger partial charge in [-0.2, -0.15) is 0 Å². The Morgan fingerprint density at radius 2 is 1.56 bits per heavy atom. The lowest BCUT2D eigenvalue weighted by Gasteiger charge is -2.25. The van der Waals surface area contributed by atoms with Crippen LogP contribution in [0.15, 0.2) is 82.9 Å². The lowest BCUT2D eigenvalue weighted by molar-refractivity contribution is -0.117. The molecule has 0 radical (unpaired) electrons. The second kappa shape index (κ2) is 7.81. The number of thioether (sulfide) groups is 1. The maximum atomic E-state index is 13.1. The van der Waals surface area contributed by atoms with Gasteiger partial charge in [0.1, 0.15) is 0 Å². The fraction of sp³-hybridized carbons (Fsp3) is 0.105. The molecule has 1 amide bonds. The summed E-state index contributed by atoms with van der Waals surface area (Å²) in [7, 11) is 0. The van der Waals surface area contributed by atoms with Crippen LogP contribution in [0.2, 0.25) is 0 Å². The summed E-state index contributed by atoms with van der Waals surface area (Å²) in [6.45, 7) is 1.80. The lowest BCUT2D eigenvalue weighted by Crippen LogP contribution is -2.33. The van der Waals surface area contributed by atoms with Crippen LogP contribution >= 0.6 is 11.8 Å². The molecule has 0 saturated carbocycles. The number of nitrogens with zero attached hydrogens (tertiary/aromatic N) is 2. The first-order valence-electron chi connectivity index (χ1n) is 7.81. The molecule has 3 aromatic rings. The number of benzene rings is 2. The average molecular weight is 351 g/mol. The number of anilines is 2. The smallest absolute Gasteiger partial charge is 0.251 e. The summed E-state index contributed by atoms with van der Waals surface area (Å²) < 4.78 is 0. The van der Waals surface area contributed by atoms with E-state index in [1.54, 1.807) is 11.8 Å². The molecule has 25 heavy (non-hydrogen) atoms. The predicted molar refractivity (Wildman–Crippen MR) is 100 cm³/mol. The molecule has 0 fully saturated rings. The van der Waals surface area contributed by atoms with Crippen molar-refractivity contribution in [2.75, 3.05) is 4.90 Å². The number of aromatic amines is 1. The number of para-hydroxylation sites is 2. The molecule has 1 heterocycles. The minimum Gasteiger partial charge on any atom is -0.301 e. The van der Waals surface area contributed by atoms with Crippen molar-refractivity contribution in [2.24, 2.45) is 0 Å². The number of nitrogens with one attached hydrogen (secondary N) is 1. The van der Waals surface area contributed by atoms with Crippen LogP contribution in [0.3, 0.4) is 0 Å². The Labute approximate surface area is 149 Å². The predicted octanol–water partition coefficient (Wildman–Crippen LogP) is 3.62. The molecule has 1 unspecified atom stereocenters. The highest BCUT2D eigenvalue weighted by Crippen LogP contribution is 2.29. The van der Waals surface area contributed by atoms with Crippen molar-refractivity contribution in [3.63, 3.8) is 0 Å². The van der Waals surface area contributed by atoms with Crippen molar-refractivity contribution in [1.82, 2.24) is 9.97 Å². The molecular formula is C19H17N3O2S. The van der Waals surface area contributed by atoms with E-state index in [9.17, 15) is 9.59 Å². The van der Waals surface area contributed by atoms with E-state index in [2.05, 4.69) is 9.97 Å². The van der Waals surface area contributed by atoms with E-state index in [0.717, 1.165) is 11.4 Å². The summed E-state index contributed by atoms with van der Waals surface area (Å²) in [6, 6.07) is 20.3. The molecule has 0 aliphatic carbocycles. The van der Waals surface area contributed by atoms with Gasteiger partial charge in [0.2, 0.25) is 5.91 Å². The van der Waals surface area contributed by atoms with Crippen LogP contribution in [-0.2, 0) is 4.79 Å². The molecule has 0 aliphatic heterocycles. The van der Waals surface area contributed by atoms with Crippen LogP contribution in [0.5, 0.6) is 0 Å². The van der Waals surface area contributed by atoms with Crippen molar-refractivity contribution in [3.05, 3.63) is 83.3 Å². The highest BCUT2D eigenvalue weighted by molar-refractivity contribution is 8.00. The molecule has 6 heteroatoms. The Morgan fingerprint density at radius 1 is 1.00 bits per heavy atom. The van der Waals surface area contributed by atoms with Gasteiger partial charge >= 0.3 is 0 Å². The molecule has 1 aromatic heterocycles. The van der Waals surface area contributed by atoms with E-state index in [4.69, 9.17) is 0 Å². The molecule has 1 N–H and O–H groups in total. The van der Waals surface area contributed by atoms with Crippen LogP contribution in [0.25, 0.3) is 0 Å². The number of hydrogen-bond donors (Lipinski definition) is 1. The second-order valence-electron chi connectivity index (χ2n) is 5.34. The number of carbonyl (C=O) groups is 1. The van der Waals surface area contributed by atoms with Gasteiger partial charge in [0.25, 0.3) is 5.56 Å². The summed E-state index contributed by atoms with van der Waals surface area (Å²) in [5.74, 6) is -0.0890. The van der Waals surface area contributed by atoms with Crippen molar-refractivity contribution >= 4 is 29.0 Å². The maximum Gasteiger partial charge on any atom is 0.251 e. The fourth-order valence-corrected chi connectivity index (χ4v) is 3.19. The summed E-state index contributed by atoms with van der Waals surface area (Å²) in [5.41, 5.74) is 1.35. The average Bonchev–Trinajstić information content (AvgIpc) is 2.63. The molecule has 1 atom stereocenters. The normalized spacial score (nSPS) is 11.7. The zero-order chi connectivity index (χ0) is 17.6. The molecule has 0 saturated heterocycles. The van der Waals surface area contributed by atoms with E-state index >= 15 is 0 Å². The number of hydrogen-bond acceptors (Lipinski definition) is 4. The van der Waals surface area contributed by atoms with E-state index in [1.807, 2.05) is 60.7 Å². The van der Waals surface area contributed by atoms with Gasteiger partial charge in [-0.1, -0.05) is 48.2 Å². The van der Waals surface area contributed by atoms with Crippen LogP contribution in [0.4, 0.5) is 11.4 Å². The highest BCUT2D eigenvalue weighted by Gasteiger charge is 2.24. The molecule has 126 valence electrons. The fourth-order valence-electron chi connectivity index (χ4n) is 2.37. The summed E-state index contributed by atoms with van der Waals surface area (Å²) in [5, 5.41) is 0.000357. The second-order valence-corrected chi connectivity index (χ2v) is 6.67. The molecule has 2 aromatic carbocycles. The zero-order valence-corrected chi connectivity index (χ0v) is 14.4. The number of carbonyl (C=O) groups excluding carboxylic acids is 1. The number of aromatic nitrogens is 2. The van der Waals surface area contributed by atoms with Crippen molar-refractivity contribution in [1.29, 1.82) is 0 Å². The largest absolute Gasteiger partial charge is 0.301 e. The third kappa shape index (κ3) is 4.16. The Morgan fingerprint density at radius 3 is 2.08 bits per heavy atom. The topological polar surface area (TPSA) is 66.1 Å². The van der Waals surface area contributed by atoms with E-state index < -0.39 is 5.25 Å². The maximum absolute atomic E-state index is 13.1. The standard InChI is InChI=1S/C19H17N3O2S/c1-14(25-19-20-13-12-17(23)21-19)18(24)22(15-8-4-2-5-9-15)16-10-6-3-7-11-16/h2-14H,1H3,(H,20,21,23). The van der Waals surface area contributed by atoms with Crippen LogP contribution < -0.4 is 10.5 Å². The molecular weight excluding hydrogens is 334 g/mol. The molecule has 0 aliphatic rings. The molecule has 5 nitrogen and oxygen atoms in total. The Bertz CT molecular complexity index is 858. The van der Waals surface area contributed by atoms with Crippen LogP contribution in [-0.4, -0.2) is 21.1 Å². The minimum absolute atomic E-state index is 0.0890. The van der Waals surface area contributed by atoms with Gasteiger partial charge < -0.3 is 4.98 Å². The van der Waals surface area contributed by atoms with Gasteiger partial charge in [-0.25, -0.2) is 4.98 Å². The Kier molecular flexibility index (Phi) is 5.30. The molecule has 0 spiro atoms. The first-order chi connectivity index (χ1) is 12.1. The Balaban J connectivity index is 1.90. The highest BCUT2D eigenvalue weighted by atomic mass is 32.2. The van der Waals surface area contributed by atoms with E-state index in [1.165, 1.54) is 24.0 Å². The van der Waals surface area contributed by atoms with Gasteiger partial charge in [0.05, 0.1) is 5.25 Å². The third-order valence-corrected chi connectivity index (χ3v) is 4.52. The van der Waals surface area contributed by atoms with Gasteiger partial charge in [0.15, 0.2) is 5.16 Å².